The number of carbonyl (C=O) groups excluding carboxylic acids is 1. The summed E-state index contributed by atoms with van der Waals surface area (Å²) in [6.45, 7) is 5.28. The van der Waals surface area contributed by atoms with Gasteiger partial charge in [-0.25, -0.2) is 0 Å². The van der Waals surface area contributed by atoms with Crippen LogP contribution in [0.25, 0.3) is 0 Å². The zero-order chi connectivity index (χ0) is 13.7. The summed E-state index contributed by atoms with van der Waals surface area (Å²) in [4.78, 5) is 13.6. The van der Waals surface area contributed by atoms with Gasteiger partial charge in [0.2, 0.25) is 5.91 Å². The Bertz CT molecular complexity index is 431. The second-order valence-electron chi connectivity index (χ2n) is 5.39. The van der Waals surface area contributed by atoms with Crippen molar-refractivity contribution in [1.82, 2.24) is 0 Å². The molecule has 104 valence electrons. The van der Waals surface area contributed by atoms with E-state index in [-0.39, 0.29) is 5.91 Å². The zero-order valence-electron chi connectivity index (χ0n) is 12.0. The lowest BCUT2D eigenvalue weighted by Crippen LogP contribution is -2.24. The van der Waals surface area contributed by atoms with E-state index < -0.39 is 0 Å². The van der Waals surface area contributed by atoms with Crippen molar-refractivity contribution >= 4 is 17.3 Å². The highest BCUT2D eigenvalue weighted by atomic mass is 16.2. The van der Waals surface area contributed by atoms with E-state index in [1.807, 2.05) is 17.0 Å². The number of rotatable bonds is 6. The largest absolute Gasteiger partial charge is 0.383 e. The minimum atomic E-state index is 0.246. The van der Waals surface area contributed by atoms with Crippen LogP contribution in [0.2, 0.25) is 0 Å². The highest BCUT2D eigenvalue weighted by Crippen LogP contribution is 2.24. The van der Waals surface area contributed by atoms with Gasteiger partial charge >= 0.3 is 0 Å². The molecule has 1 aliphatic rings. The lowest BCUT2D eigenvalue weighted by atomic mass is 10.1. The number of nitrogens with one attached hydrogen (secondary N) is 1. The Labute approximate surface area is 116 Å². The maximum Gasteiger partial charge on any atom is 0.227 e. The number of amides is 1. The number of hydrogen-bond acceptors (Lipinski definition) is 2. The predicted molar refractivity (Wildman–Crippen MR) is 80.6 cm³/mol. The molecule has 1 heterocycles. The Hall–Kier alpha value is -1.51. The molecular formula is C16H24N2O. The number of hydrogen-bond donors (Lipinski definition) is 1. The molecule has 1 N–H and O–H groups in total. The molecule has 1 saturated heterocycles. The van der Waals surface area contributed by atoms with E-state index >= 15 is 0 Å². The second kappa shape index (κ2) is 6.60. The summed E-state index contributed by atoms with van der Waals surface area (Å²) in [7, 11) is 0. The number of unbranched alkanes of at least 4 members (excludes halogenated alkanes) is 1. The van der Waals surface area contributed by atoms with Crippen molar-refractivity contribution in [2.75, 3.05) is 16.8 Å². The standard InChI is InChI=1S/C16H24N2O/c1-3-4-7-13(2)17-14-8-5-9-15(12-14)18-11-6-10-16(18)19/h5,8-9,12-13,17H,3-4,6-7,10-11H2,1-2H3. The summed E-state index contributed by atoms with van der Waals surface area (Å²) in [5, 5.41) is 3.52. The predicted octanol–water partition coefficient (Wildman–Crippen LogP) is 3.80. The Balaban J connectivity index is 2.00. The smallest absolute Gasteiger partial charge is 0.227 e. The van der Waals surface area contributed by atoms with Crippen LogP contribution in [0, 0.1) is 0 Å². The summed E-state index contributed by atoms with van der Waals surface area (Å²) >= 11 is 0. The summed E-state index contributed by atoms with van der Waals surface area (Å²) in [5.41, 5.74) is 2.14. The van der Waals surface area contributed by atoms with Crippen LogP contribution in [0.15, 0.2) is 24.3 Å². The molecule has 19 heavy (non-hydrogen) atoms. The van der Waals surface area contributed by atoms with Gasteiger partial charge in [-0.3, -0.25) is 4.79 Å². The van der Waals surface area contributed by atoms with Gasteiger partial charge in [-0.2, -0.15) is 0 Å². The third-order valence-electron chi connectivity index (χ3n) is 3.64. The third-order valence-corrected chi connectivity index (χ3v) is 3.64. The van der Waals surface area contributed by atoms with Crippen molar-refractivity contribution < 1.29 is 4.79 Å². The first kappa shape index (κ1) is 13.9. The molecule has 1 fully saturated rings. The van der Waals surface area contributed by atoms with Crippen molar-refractivity contribution in [2.45, 2.75) is 52.0 Å². The molecule has 0 spiro atoms. The maximum atomic E-state index is 11.8. The molecule has 0 saturated carbocycles. The first-order chi connectivity index (χ1) is 9.20. The van der Waals surface area contributed by atoms with Crippen LogP contribution >= 0.6 is 0 Å². The third kappa shape index (κ3) is 3.72. The van der Waals surface area contributed by atoms with Crippen LogP contribution in [-0.4, -0.2) is 18.5 Å². The van der Waals surface area contributed by atoms with Crippen molar-refractivity contribution in [3.8, 4) is 0 Å². The van der Waals surface area contributed by atoms with Crippen molar-refractivity contribution in [3.05, 3.63) is 24.3 Å². The van der Waals surface area contributed by atoms with Gasteiger partial charge in [0.25, 0.3) is 0 Å². The fourth-order valence-corrected chi connectivity index (χ4v) is 2.55. The quantitative estimate of drug-likeness (QED) is 0.843. The van der Waals surface area contributed by atoms with Gasteiger partial charge in [-0.1, -0.05) is 25.8 Å². The molecule has 3 heteroatoms. The molecule has 1 aromatic rings. The summed E-state index contributed by atoms with van der Waals surface area (Å²) in [5.74, 6) is 0.246. The van der Waals surface area contributed by atoms with Crippen LogP contribution in [0.5, 0.6) is 0 Å². The van der Waals surface area contributed by atoms with Crippen LogP contribution in [0.1, 0.15) is 46.0 Å². The number of anilines is 2. The molecular weight excluding hydrogens is 236 g/mol. The lowest BCUT2D eigenvalue weighted by Gasteiger charge is -2.19. The molecule has 1 aromatic carbocycles. The zero-order valence-corrected chi connectivity index (χ0v) is 12.0. The van der Waals surface area contributed by atoms with Gasteiger partial charge in [-0.05, 0) is 38.0 Å². The monoisotopic (exact) mass is 260 g/mol. The van der Waals surface area contributed by atoms with E-state index in [0.717, 1.165) is 24.3 Å². The molecule has 3 nitrogen and oxygen atoms in total. The Morgan fingerprint density at radius 3 is 2.95 bits per heavy atom. The van der Waals surface area contributed by atoms with E-state index in [4.69, 9.17) is 0 Å². The Kier molecular flexibility index (Phi) is 4.83. The van der Waals surface area contributed by atoms with Crippen LogP contribution in [0.4, 0.5) is 11.4 Å². The SMILES string of the molecule is CCCCC(C)Nc1cccc(N2CCCC2=O)c1. The normalized spacial score (nSPS) is 16.7. The average molecular weight is 260 g/mol. The molecule has 1 atom stereocenters. The Morgan fingerprint density at radius 1 is 1.42 bits per heavy atom. The molecule has 1 aliphatic heterocycles. The summed E-state index contributed by atoms with van der Waals surface area (Å²) < 4.78 is 0. The lowest BCUT2D eigenvalue weighted by molar-refractivity contribution is -0.117. The number of nitrogens with zero attached hydrogens (tertiary/aromatic N) is 1. The van der Waals surface area contributed by atoms with Gasteiger partial charge in [0.15, 0.2) is 0 Å². The van der Waals surface area contributed by atoms with E-state index in [1.54, 1.807) is 0 Å². The van der Waals surface area contributed by atoms with Gasteiger partial charge < -0.3 is 10.2 Å². The van der Waals surface area contributed by atoms with E-state index in [1.165, 1.54) is 19.3 Å². The van der Waals surface area contributed by atoms with Gasteiger partial charge in [-0.15, -0.1) is 0 Å². The molecule has 0 aromatic heterocycles. The second-order valence-corrected chi connectivity index (χ2v) is 5.39. The maximum absolute atomic E-state index is 11.8. The molecule has 0 radical (unpaired) electrons. The van der Waals surface area contributed by atoms with E-state index in [2.05, 4.69) is 31.3 Å². The average Bonchev–Trinajstić information content (AvgIpc) is 2.83. The molecule has 1 unspecified atom stereocenters. The summed E-state index contributed by atoms with van der Waals surface area (Å²) in [6.07, 6.45) is 5.32. The highest BCUT2D eigenvalue weighted by Gasteiger charge is 2.21. The van der Waals surface area contributed by atoms with Crippen molar-refractivity contribution in [2.24, 2.45) is 0 Å². The van der Waals surface area contributed by atoms with Crippen LogP contribution in [-0.2, 0) is 4.79 Å². The molecule has 1 amide bonds. The van der Waals surface area contributed by atoms with Gasteiger partial charge in [0.1, 0.15) is 0 Å². The van der Waals surface area contributed by atoms with Crippen LogP contribution in [0.3, 0.4) is 0 Å². The van der Waals surface area contributed by atoms with Gasteiger partial charge in [0.05, 0.1) is 0 Å². The van der Waals surface area contributed by atoms with Gasteiger partial charge in [0, 0.05) is 30.4 Å². The fourth-order valence-electron chi connectivity index (χ4n) is 2.55. The highest BCUT2D eigenvalue weighted by molar-refractivity contribution is 5.95. The molecule has 2 rings (SSSR count). The topological polar surface area (TPSA) is 32.3 Å². The van der Waals surface area contributed by atoms with E-state index in [0.29, 0.717) is 12.5 Å². The number of carbonyl (C=O) groups is 1. The molecule has 0 bridgehead atoms. The first-order valence-corrected chi connectivity index (χ1v) is 7.37. The summed E-state index contributed by atoms with van der Waals surface area (Å²) in [6, 6.07) is 8.68. The minimum Gasteiger partial charge on any atom is -0.383 e. The van der Waals surface area contributed by atoms with Crippen molar-refractivity contribution in [3.63, 3.8) is 0 Å². The van der Waals surface area contributed by atoms with Crippen molar-refractivity contribution in [1.29, 1.82) is 0 Å². The van der Waals surface area contributed by atoms with E-state index in [9.17, 15) is 4.79 Å². The molecule has 0 aliphatic carbocycles. The Morgan fingerprint density at radius 2 is 2.26 bits per heavy atom. The first-order valence-electron chi connectivity index (χ1n) is 7.37. The van der Waals surface area contributed by atoms with Crippen LogP contribution < -0.4 is 10.2 Å². The minimum absolute atomic E-state index is 0.246. The fraction of sp³-hybridized carbons (Fsp3) is 0.562. The number of benzene rings is 1.